The third kappa shape index (κ3) is 6.12. The van der Waals surface area contributed by atoms with E-state index in [1.165, 1.54) is 0 Å². The third-order valence-electron chi connectivity index (χ3n) is 0.955. The summed E-state index contributed by atoms with van der Waals surface area (Å²) in [6, 6.07) is 0. The van der Waals surface area contributed by atoms with E-state index in [1.807, 2.05) is 6.20 Å². The summed E-state index contributed by atoms with van der Waals surface area (Å²) in [6.45, 7) is 0.671. The molecule has 4 nitrogen and oxygen atoms in total. The van der Waals surface area contributed by atoms with Crippen LogP contribution < -0.4 is 5.73 Å². The molecule has 0 aliphatic rings. The Morgan fingerprint density at radius 3 is 2.64 bits per heavy atom. The highest BCUT2D eigenvalue weighted by Crippen LogP contribution is 1.88. The van der Waals surface area contributed by atoms with Crippen molar-refractivity contribution in [3.63, 3.8) is 0 Å². The fourth-order valence-corrected chi connectivity index (χ4v) is 0.576. The van der Waals surface area contributed by atoms with Crippen LogP contribution in [0, 0.1) is 0 Å². The van der Waals surface area contributed by atoms with Gasteiger partial charge in [-0.2, -0.15) is 3.84 Å². The first kappa shape index (κ1) is 10.7. The van der Waals surface area contributed by atoms with Crippen LogP contribution in [0.3, 0.4) is 0 Å². The van der Waals surface area contributed by atoms with Gasteiger partial charge in [0.2, 0.25) is 0 Å². The molecule has 11 heavy (non-hydrogen) atoms. The van der Waals surface area contributed by atoms with E-state index in [-0.39, 0.29) is 0 Å². The molecular formula is C5H9Cl2N3O. The summed E-state index contributed by atoms with van der Waals surface area (Å²) in [7, 11) is 0. The molecule has 0 aliphatic carbocycles. The molecule has 0 aliphatic heterocycles. The lowest BCUT2D eigenvalue weighted by Gasteiger charge is -1.85. The summed E-state index contributed by atoms with van der Waals surface area (Å²) < 4.78 is 3.19. The minimum atomic E-state index is 0.671. The van der Waals surface area contributed by atoms with E-state index in [0.29, 0.717) is 6.54 Å². The molecule has 0 radical (unpaired) electrons. The lowest BCUT2D eigenvalue weighted by atomic mass is 10.3. The molecule has 0 saturated heterocycles. The summed E-state index contributed by atoms with van der Waals surface area (Å²) in [6.07, 6.45) is 4.38. The van der Waals surface area contributed by atoms with Gasteiger partial charge in [-0.25, -0.2) is 4.98 Å². The van der Waals surface area contributed by atoms with Crippen LogP contribution in [0.15, 0.2) is 12.5 Å². The predicted octanol–water partition coefficient (Wildman–Crippen LogP) is 1.22. The lowest BCUT2D eigenvalue weighted by Crippen LogP contribution is -2.02. The van der Waals surface area contributed by atoms with Crippen molar-refractivity contribution in [1.82, 2.24) is 9.97 Å². The fraction of sp³-hybridized carbons (Fsp3) is 0.400. The van der Waals surface area contributed by atoms with Crippen LogP contribution in [-0.2, 0) is 10.3 Å². The maximum atomic E-state index is 5.27. The summed E-state index contributed by atoms with van der Waals surface area (Å²) in [4.78, 5) is 6.82. The monoisotopic (exact) mass is 197 g/mol. The van der Waals surface area contributed by atoms with E-state index in [9.17, 15) is 0 Å². The second kappa shape index (κ2) is 7.81. The Morgan fingerprint density at radius 2 is 2.27 bits per heavy atom. The quantitative estimate of drug-likeness (QED) is 0.750. The molecule has 1 aromatic rings. The summed E-state index contributed by atoms with van der Waals surface area (Å²) in [5, 5.41) is 0. The maximum Gasteiger partial charge on any atom is 0.0923 e. The van der Waals surface area contributed by atoms with E-state index < -0.39 is 0 Å². The Bertz CT molecular complexity index is 157. The molecular weight excluding hydrogens is 189 g/mol. The van der Waals surface area contributed by atoms with Gasteiger partial charge in [-0.15, -0.1) is 0 Å². The number of nitrogens with one attached hydrogen (secondary N) is 1. The van der Waals surface area contributed by atoms with E-state index >= 15 is 0 Å². The zero-order chi connectivity index (χ0) is 8.53. The summed E-state index contributed by atoms with van der Waals surface area (Å²) >= 11 is 8.53. The largest absolute Gasteiger partial charge is 0.351 e. The van der Waals surface area contributed by atoms with Crippen molar-refractivity contribution in [3.05, 3.63) is 18.2 Å². The molecule has 6 heteroatoms. The average Bonchev–Trinajstić information content (AvgIpc) is 2.42. The maximum absolute atomic E-state index is 5.27. The molecule has 1 rings (SSSR count). The standard InChI is InChI=1S/C5H9N3.Cl2O/c6-2-1-5-3-7-4-8-5;1-3-2/h3-4H,1-2,6H2,(H,7,8);. The number of H-pyrrole nitrogens is 1. The van der Waals surface area contributed by atoms with Gasteiger partial charge in [0.15, 0.2) is 0 Å². The van der Waals surface area contributed by atoms with Crippen molar-refractivity contribution < 1.29 is 3.84 Å². The number of hydrogen-bond acceptors (Lipinski definition) is 3. The van der Waals surface area contributed by atoms with E-state index in [2.05, 4.69) is 37.5 Å². The first-order chi connectivity index (χ1) is 5.35. The molecule has 0 fully saturated rings. The fourth-order valence-electron chi connectivity index (χ4n) is 0.576. The normalized spacial score (nSPS) is 8.64. The number of nitrogens with two attached hydrogens (primary N) is 1. The van der Waals surface area contributed by atoms with E-state index in [0.717, 1.165) is 12.1 Å². The first-order valence-electron chi connectivity index (χ1n) is 2.92. The summed E-state index contributed by atoms with van der Waals surface area (Å²) in [5.41, 5.74) is 6.30. The molecule has 1 aromatic heterocycles. The van der Waals surface area contributed by atoms with Crippen molar-refractivity contribution in [2.24, 2.45) is 5.73 Å². The molecule has 3 N–H and O–H groups in total. The number of rotatable bonds is 2. The number of hydrogen-bond donors (Lipinski definition) is 2. The SMILES string of the molecule is ClOCl.NCCc1c[nH]cn1. The van der Waals surface area contributed by atoms with E-state index in [4.69, 9.17) is 5.73 Å². The van der Waals surface area contributed by atoms with Gasteiger partial charge in [-0.3, -0.25) is 0 Å². The van der Waals surface area contributed by atoms with Crippen molar-refractivity contribution in [1.29, 1.82) is 0 Å². The van der Waals surface area contributed by atoms with Crippen LogP contribution in [0.4, 0.5) is 0 Å². The Labute approximate surface area is 75.0 Å². The molecule has 1 heterocycles. The van der Waals surface area contributed by atoms with Gasteiger partial charge in [-0.1, -0.05) is 0 Å². The molecule has 0 spiro atoms. The van der Waals surface area contributed by atoms with Crippen LogP contribution >= 0.6 is 23.7 Å². The van der Waals surface area contributed by atoms with Gasteiger partial charge >= 0.3 is 0 Å². The number of aromatic amines is 1. The van der Waals surface area contributed by atoms with Crippen molar-refractivity contribution in [2.75, 3.05) is 6.54 Å². The van der Waals surface area contributed by atoms with Crippen molar-refractivity contribution >= 4 is 23.7 Å². The molecule has 0 atom stereocenters. The summed E-state index contributed by atoms with van der Waals surface area (Å²) in [5.74, 6) is 0. The van der Waals surface area contributed by atoms with Gasteiger partial charge in [0.1, 0.15) is 0 Å². The number of imidazole rings is 1. The Morgan fingerprint density at radius 1 is 1.64 bits per heavy atom. The molecule has 0 saturated carbocycles. The van der Waals surface area contributed by atoms with Crippen LogP contribution in [-0.4, -0.2) is 16.5 Å². The van der Waals surface area contributed by atoms with E-state index in [1.54, 1.807) is 6.33 Å². The molecule has 0 bridgehead atoms. The van der Waals surface area contributed by atoms with Gasteiger partial charge in [0, 0.05) is 12.6 Å². The number of halogens is 2. The zero-order valence-electron chi connectivity index (χ0n) is 5.76. The first-order valence-corrected chi connectivity index (χ1v) is 3.54. The molecule has 0 aromatic carbocycles. The minimum absolute atomic E-state index is 0.671. The van der Waals surface area contributed by atoms with Crippen molar-refractivity contribution in [2.45, 2.75) is 6.42 Å². The van der Waals surface area contributed by atoms with Crippen molar-refractivity contribution in [3.8, 4) is 0 Å². The topological polar surface area (TPSA) is 63.9 Å². The Kier molecular flexibility index (Phi) is 7.61. The Balaban J connectivity index is 0.000000292. The zero-order valence-corrected chi connectivity index (χ0v) is 7.27. The smallest absolute Gasteiger partial charge is 0.0923 e. The van der Waals surface area contributed by atoms with Gasteiger partial charge in [0.05, 0.1) is 35.8 Å². The van der Waals surface area contributed by atoms with Crippen LogP contribution in [0.2, 0.25) is 0 Å². The highest BCUT2D eigenvalue weighted by Gasteiger charge is 1.87. The highest BCUT2D eigenvalue weighted by molar-refractivity contribution is 6.24. The van der Waals surface area contributed by atoms with Crippen LogP contribution in [0.25, 0.3) is 0 Å². The second-order valence-corrected chi connectivity index (χ2v) is 2.12. The van der Waals surface area contributed by atoms with Gasteiger partial charge in [-0.05, 0) is 6.54 Å². The number of aromatic nitrogens is 2. The third-order valence-corrected chi connectivity index (χ3v) is 0.955. The van der Waals surface area contributed by atoms with Gasteiger partial charge in [0.25, 0.3) is 0 Å². The Hall–Kier alpha value is -0.290. The van der Waals surface area contributed by atoms with Crippen LogP contribution in [0.1, 0.15) is 5.69 Å². The molecule has 0 unspecified atom stereocenters. The molecule has 64 valence electrons. The second-order valence-electron chi connectivity index (χ2n) is 1.66. The van der Waals surface area contributed by atoms with Crippen LogP contribution in [0.5, 0.6) is 0 Å². The highest BCUT2D eigenvalue weighted by atomic mass is 35.6. The minimum Gasteiger partial charge on any atom is -0.351 e. The predicted molar refractivity (Wildman–Crippen MR) is 44.1 cm³/mol. The van der Waals surface area contributed by atoms with Gasteiger partial charge < -0.3 is 10.7 Å². The number of nitrogens with zero attached hydrogens (tertiary/aromatic N) is 1. The average molecular weight is 198 g/mol. The lowest BCUT2D eigenvalue weighted by molar-refractivity contribution is 0.697. The molecule has 0 amide bonds.